The number of nitrogens with one attached hydrogen (secondary N) is 1. The number of amides is 2. The molecule has 1 aliphatic heterocycles. The Kier molecular flexibility index (Phi) is 6.95. The Morgan fingerprint density at radius 2 is 1.81 bits per heavy atom. The smallest absolute Gasteiger partial charge is 0.353 e. The van der Waals surface area contributed by atoms with Crippen LogP contribution >= 0.6 is 0 Å². The van der Waals surface area contributed by atoms with Crippen LogP contribution < -0.4 is 5.32 Å². The molecule has 2 amide bonds. The van der Waals surface area contributed by atoms with Gasteiger partial charge in [0.1, 0.15) is 11.8 Å². The zero-order chi connectivity index (χ0) is 22.8. The van der Waals surface area contributed by atoms with Gasteiger partial charge in [-0.05, 0) is 70.0 Å². The Morgan fingerprint density at radius 3 is 2.35 bits per heavy atom. The molecule has 0 bridgehead atoms. The molecule has 1 saturated carbocycles. The zero-order valence-electron chi connectivity index (χ0n) is 18.2. The third-order valence-electron chi connectivity index (χ3n) is 6.16. The molecule has 9 heteroatoms. The first-order valence-electron chi connectivity index (χ1n) is 10.6. The van der Waals surface area contributed by atoms with Crippen molar-refractivity contribution in [2.45, 2.75) is 50.6 Å². The van der Waals surface area contributed by atoms with E-state index in [1.807, 2.05) is 19.0 Å². The lowest BCUT2D eigenvalue weighted by atomic mass is 9.83. The van der Waals surface area contributed by atoms with Crippen molar-refractivity contribution in [2.75, 3.05) is 33.8 Å². The van der Waals surface area contributed by atoms with Gasteiger partial charge < -0.3 is 15.0 Å². The van der Waals surface area contributed by atoms with E-state index < -0.39 is 29.4 Å². The van der Waals surface area contributed by atoms with Crippen molar-refractivity contribution in [3.05, 3.63) is 35.4 Å². The highest BCUT2D eigenvalue weighted by atomic mass is 19.4. The molecule has 1 spiro atoms. The SMILES string of the molecule is CC1CCC2(CC1)OC[C@H](C(=O)NCCN(C)C)N2C(=O)c1ccc(C(F)(F)F)cc1. The van der Waals surface area contributed by atoms with Gasteiger partial charge in [-0.3, -0.25) is 14.5 Å². The first kappa shape index (κ1) is 23.5. The molecule has 172 valence electrons. The van der Waals surface area contributed by atoms with E-state index in [0.29, 0.717) is 31.8 Å². The van der Waals surface area contributed by atoms with Gasteiger partial charge in [0, 0.05) is 18.7 Å². The Morgan fingerprint density at radius 1 is 1.19 bits per heavy atom. The number of carbonyl (C=O) groups is 2. The van der Waals surface area contributed by atoms with Gasteiger partial charge >= 0.3 is 6.18 Å². The summed E-state index contributed by atoms with van der Waals surface area (Å²) in [5.41, 5.74) is -1.60. The standard InChI is InChI=1S/C22H30F3N3O3/c1-15-8-10-21(11-9-15)28(18(14-31-21)19(29)26-12-13-27(2)3)20(30)16-4-6-17(7-5-16)22(23,24)25/h4-7,15,18H,8-14H2,1-3H3,(H,26,29)/t15?,18-,21?/m1/s1. The predicted octanol–water partition coefficient (Wildman–Crippen LogP) is 3.13. The van der Waals surface area contributed by atoms with E-state index in [1.54, 1.807) is 0 Å². The highest BCUT2D eigenvalue weighted by molar-refractivity contribution is 5.98. The van der Waals surface area contributed by atoms with E-state index in [1.165, 1.54) is 17.0 Å². The summed E-state index contributed by atoms with van der Waals surface area (Å²) >= 11 is 0. The fourth-order valence-corrected chi connectivity index (χ4v) is 4.24. The highest BCUT2D eigenvalue weighted by Crippen LogP contribution is 2.43. The molecule has 0 unspecified atom stereocenters. The summed E-state index contributed by atoms with van der Waals surface area (Å²) in [5.74, 6) is -0.295. The molecule has 31 heavy (non-hydrogen) atoms. The maximum absolute atomic E-state index is 13.4. The van der Waals surface area contributed by atoms with E-state index in [-0.39, 0.29) is 18.1 Å². The summed E-state index contributed by atoms with van der Waals surface area (Å²) in [7, 11) is 3.78. The molecule has 1 aromatic rings. The summed E-state index contributed by atoms with van der Waals surface area (Å²) in [6, 6.07) is 3.32. The van der Waals surface area contributed by atoms with E-state index in [0.717, 1.165) is 25.0 Å². The van der Waals surface area contributed by atoms with Gasteiger partial charge in [0.05, 0.1) is 12.2 Å². The summed E-state index contributed by atoms with van der Waals surface area (Å²) in [5, 5.41) is 2.85. The second-order valence-electron chi connectivity index (χ2n) is 8.80. The Balaban J connectivity index is 1.85. The number of ether oxygens (including phenoxy) is 1. The molecule has 0 aromatic heterocycles. The van der Waals surface area contributed by atoms with Gasteiger partial charge in [0.2, 0.25) is 5.91 Å². The molecule has 2 aliphatic rings. The van der Waals surface area contributed by atoms with Crippen LogP contribution in [0.25, 0.3) is 0 Å². The van der Waals surface area contributed by atoms with Gasteiger partial charge in [-0.15, -0.1) is 0 Å². The Bertz CT molecular complexity index is 787. The van der Waals surface area contributed by atoms with Crippen molar-refractivity contribution in [1.29, 1.82) is 0 Å². The van der Waals surface area contributed by atoms with Crippen LogP contribution in [0, 0.1) is 5.92 Å². The number of likely N-dealkylation sites (N-methyl/N-ethyl adjacent to an activating group) is 1. The number of hydrogen-bond donors (Lipinski definition) is 1. The molecular formula is C22H30F3N3O3. The van der Waals surface area contributed by atoms with Crippen LogP contribution in [0.4, 0.5) is 13.2 Å². The van der Waals surface area contributed by atoms with E-state index in [9.17, 15) is 22.8 Å². The normalized spacial score (nSPS) is 26.5. The van der Waals surface area contributed by atoms with Crippen LogP contribution in [0.1, 0.15) is 48.5 Å². The van der Waals surface area contributed by atoms with Crippen LogP contribution in [0.3, 0.4) is 0 Å². The van der Waals surface area contributed by atoms with Crippen molar-refractivity contribution >= 4 is 11.8 Å². The lowest BCUT2D eigenvalue weighted by Crippen LogP contribution is -2.57. The molecule has 1 atom stereocenters. The average molecular weight is 441 g/mol. The zero-order valence-corrected chi connectivity index (χ0v) is 18.2. The van der Waals surface area contributed by atoms with Crippen molar-refractivity contribution in [3.8, 4) is 0 Å². The van der Waals surface area contributed by atoms with Gasteiger partial charge in [-0.1, -0.05) is 6.92 Å². The Hall–Kier alpha value is -2.13. The van der Waals surface area contributed by atoms with Gasteiger partial charge in [-0.2, -0.15) is 13.2 Å². The molecule has 6 nitrogen and oxygen atoms in total. The fraction of sp³-hybridized carbons (Fsp3) is 0.636. The first-order valence-corrected chi connectivity index (χ1v) is 10.6. The topological polar surface area (TPSA) is 61.9 Å². The van der Waals surface area contributed by atoms with Crippen LogP contribution in [0.15, 0.2) is 24.3 Å². The van der Waals surface area contributed by atoms with Gasteiger partial charge in [0.15, 0.2) is 0 Å². The summed E-state index contributed by atoms with van der Waals surface area (Å²) < 4.78 is 44.8. The number of halogens is 3. The summed E-state index contributed by atoms with van der Waals surface area (Å²) in [4.78, 5) is 29.7. The third kappa shape index (κ3) is 5.20. The number of rotatable bonds is 5. The van der Waals surface area contributed by atoms with E-state index >= 15 is 0 Å². The van der Waals surface area contributed by atoms with Crippen molar-refractivity contribution in [2.24, 2.45) is 5.92 Å². The molecule has 1 aromatic carbocycles. The van der Waals surface area contributed by atoms with Crippen molar-refractivity contribution < 1.29 is 27.5 Å². The fourth-order valence-electron chi connectivity index (χ4n) is 4.24. The van der Waals surface area contributed by atoms with E-state index in [4.69, 9.17) is 4.74 Å². The monoisotopic (exact) mass is 441 g/mol. The number of carbonyl (C=O) groups excluding carboxylic acids is 2. The highest BCUT2D eigenvalue weighted by Gasteiger charge is 2.53. The van der Waals surface area contributed by atoms with Gasteiger partial charge in [-0.25, -0.2) is 0 Å². The maximum atomic E-state index is 13.4. The second kappa shape index (κ2) is 9.16. The average Bonchev–Trinajstić information content (AvgIpc) is 3.08. The van der Waals surface area contributed by atoms with Gasteiger partial charge in [0.25, 0.3) is 5.91 Å². The first-order chi connectivity index (χ1) is 14.5. The molecule has 1 N–H and O–H groups in total. The Labute approximate surface area is 180 Å². The summed E-state index contributed by atoms with van der Waals surface area (Å²) in [6.45, 7) is 3.29. The molecule has 1 aliphatic carbocycles. The van der Waals surface area contributed by atoms with Crippen LogP contribution in [0.5, 0.6) is 0 Å². The molecular weight excluding hydrogens is 411 g/mol. The lowest BCUT2D eigenvalue weighted by molar-refractivity contribution is -0.137. The van der Waals surface area contributed by atoms with Crippen molar-refractivity contribution in [3.63, 3.8) is 0 Å². The largest absolute Gasteiger partial charge is 0.416 e. The quantitative estimate of drug-likeness (QED) is 0.763. The molecule has 3 rings (SSSR count). The minimum atomic E-state index is -4.48. The maximum Gasteiger partial charge on any atom is 0.416 e. The molecule has 1 heterocycles. The van der Waals surface area contributed by atoms with Crippen molar-refractivity contribution in [1.82, 2.24) is 15.1 Å². The minimum Gasteiger partial charge on any atom is -0.353 e. The predicted molar refractivity (Wildman–Crippen MR) is 109 cm³/mol. The number of benzene rings is 1. The van der Waals surface area contributed by atoms with Crippen LogP contribution in [-0.2, 0) is 15.7 Å². The second-order valence-corrected chi connectivity index (χ2v) is 8.80. The molecule has 2 fully saturated rings. The molecule has 0 radical (unpaired) electrons. The molecule has 1 saturated heterocycles. The van der Waals surface area contributed by atoms with Crippen LogP contribution in [-0.4, -0.2) is 67.2 Å². The number of alkyl halides is 3. The summed E-state index contributed by atoms with van der Waals surface area (Å²) in [6.07, 6.45) is -1.57. The third-order valence-corrected chi connectivity index (χ3v) is 6.16. The number of hydrogen-bond acceptors (Lipinski definition) is 4. The van der Waals surface area contributed by atoms with E-state index in [2.05, 4.69) is 12.2 Å². The minimum absolute atomic E-state index is 0.0779. The lowest BCUT2D eigenvalue weighted by Gasteiger charge is -2.43. The van der Waals surface area contributed by atoms with Crippen LogP contribution in [0.2, 0.25) is 0 Å². The number of nitrogens with zero attached hydrogens (tertiary/aromatic N) is 2.